The molecule has 1 aromatic carbocycles. The summed E-state index contributed by atoms with van der Waals surface area (Å²) in [6.45, 7) is 3.24. The van der Waals surface area contributed by atoms with Crippen LogP contribution in [0.4, 0.5) is 4.39 Å². The number of rotatable bonds is 3. The van der Waals surface area contributed by atoms with Crippen LogP contribution in [0, 0.1) is 5.82 Å². The van der Waals surface area contributed by atoms with Crippen LogP contribution >= 0.6 is 0 Å². The maximum Gasteiger partial charge on any atom is 0.124 e. The van der Waals surface area contributed by atoms with Crippen LogP contribution < -0.4 is 0 Å². The first-order valence-electron chi connectivity index (χ1n) is 4.36. The van der Waals surface area contributed by atoms with Gasteiger partial charge in [-0.15, -0.1) is 0 Å². The summed E-state index contributed by atoms with van der Waals surface area (Å²) in [6, 6.07) is 5.64. The average Bonchev–Trinajstić information content (AvgIpc) is 2.15. The van der Waals surface area contributed by atoms with Gasteiger partial charge in [0, 0.05) is 4.90 Å². The molecular weight excluding hydrogens is 203 g/mol. The maximum absolute atomic E-state index is 12.8. The van der Waals surface area contributed by atoms with E-state index in [4.69, 9.17) is 0 Å². The molecule has 0 amide bonds. The lowest BCUT2D eigenvalue weighted by molar-refractivity contribution is 0.194. The molecular formula is C10H13FO2S. The smallest absolute Gasteiger partial charge is 0.124 e. The van der Waals surface area contributed by atoms with Gasteiger partial charge in [-0.05, 0) is 32.0 Å². The highest BCUT2D eigenvalue weighted by Crippen LogP contribution is 2.14. The molecule has 0 saturated heterocycles. The van der Waals surface area contributed by atoms with Crippen molar-refractivity contribution >= 4 is 10.8 Å². The zero-order chi connectivity index (χ0) is 10.7. The first-order chi connectivity index (χ1) is 6.52. The standard InChI is InChI=1S/C10H13FO2S/c1-7(12)8(2)14(13)10-5-3-4-9(11)6-10/h3-8,12H,1-2H3. The summed E-state index contributed by atoms with van der Waals surface area (Å²) in [5.41, 5.74) is 0. The van der Waals surface area contributed by atoms with E-state index in [1.54, 1.807) is 19.9 Å². The molecule has 0 aliphatic heterocycles. The van der Waals surface area contributed by atoms with E-state index in [1.165, 1.54) is 18.2 Å². The second kappa shape index (κ2) is 4.66. The molecule has 14 heavy (non-hydrogen) atoms. The highest BCUT2D eigenvalue weighted by Gasteiger charge is 2.18. The van der Waals surface area contributed by atoms with E-state index >= 15 is 0 Å². The maximum atomic E-state index is 12.8. The van der Waals surface area contributed by atoms with E-state index in [-0.39, 0.29) is 0 Å². The Morgan fingerprint density at radius 3 is 2.57 bits per heavy atom. The number of hydrogen-bond donors (Lipinski definition) is 1. The monoisotopic (exact) mass is 216 g/mol. The van der Waals surface area contributed by atoms with E-state index in [1.807, 2.05) is 0 Å². The summed E-state index contributed by atoms with van der Waals surface area (Å²) < 4.78 is 24.5. The van der Waals surface area contributed by atoms with Gasteiger partial charge in [-0.1, -0.05) is 6.07 Å². The van der Waals surface area contributed by atoms with Crippen LogP contribution in [0.15, 0.2) is 29.2 Å². The molecule has 0 aliphatic carbocycles. The Morgan fingerprint density at radius 1 is 1.43 bits per heavy atom. The van der Waals surface area contributed by atoms with Gasteiger partial charge in [-0.25, -0.2) is 4.39 Å². The van der Waals surface area contributed by atoms with Crippen LogP contribution in [-0.2, 0) is 10.8 Å². The number of aliphatic hydroxyl groups is 1. The third-order valence-electron chi connectivity index (χ3n) is 2.05. The van der Waals surface area contributed by atoms with Crippen molar-refractivity contribution in [3.63, 3.8) is 0 Å². The van der Waals surface area contributed by atoms with Crippen molar-refractivity contribution in [1.29, 1.82) is 0 Å². The summed E-state index contributed by atoms with van der Waals surface area (Å²) in [6.07, 6.45) is -0.667. The Balaban J connectivity index is 2.89. The Hall–Kier alpha value is -0.740. The van der Waals surface area contributed by atoms with Gasteiger partial charge in [0.05, 0.1) is 22.2 Å². The minimum absolute atomic E-state index is 0.392. The predicted octanol–water partition coefficient (Wildman–Crippen LogP) is 1.70. The minimum atomic E-state index is -1.36. The van der Waals surface area contributed by atoms with Gasteiger partial charge in [0.2, 0.25) is 0 Å². The lowest BCUT2D eigenvalue weighted by Crippen LogP contribution is -2.24. The number of halogens is 1. The lowest BCUT2D eigenvalue weighted by Gasteiger charge is -2.13. The van der Waals surface area contributed by atoms with Crippen molar-refractivity contribution in [3.8, 4) is 0 Å². The predicted molar refractivity (Wildman–Crippen MR) is 54.0 cm³/mol. The van der Waals surface area contributed by atoms with Crippen molar-refractivity contribution in [2.45, 2.75) is 30.1 Å². The van der Waals surface area contributed by atoms with E-state index in [2.05, 4.69) is 0 Å². The minimum Gasteiger partial charge on any atom is -0.392 e. The summed E-state index contributed by atoms with van der Waals surface area (Å²) in [7, 11) is -1.36. The Kier molecular flexibility index (Phi) is 3.77. The largest absolute Gasteiger partial charge is 0.392 e. The summed E-state index contributed by atoms with van der Waals surface area (Å²) in [4.78, 5) is 0.415. The van der Waals surface area contributed by atoms with E-state index in [9.17, 15) is 13.7 Å². The lowest BCUT2D eigenvalue weighted by atomic mass is 10.3. The Labute approximate surface area is 85.2 Å². The first-order valence-corrected chi connectivity index (χ1v) is 5.58. The molecule has 3 atom stereocenters. The third kappa shape index (κ3) is 2.62. The number of hydrogen-bond acceptors (Lipinski definition) is 2. The van der Waals surface area contributed by atoms with Crippen molar-refractivity contribution in [1.82, 2.24) is 0 Å². The zero-order valence-corrected chi connectivity index (χ0v) is 8.92. The van der Waals surface area contributed by atoms with E-state index in [0.717, 1.165) is 0 Å². The van der Waals surface area contributed by atoms with E-state index in [0.29, 0.717) is 4.90 Å². The summed E-state index contributed by atoms with van der Waals surface area (Å²) in [5.74, 6) is -0.409. The van der Waals surface area contributed by atoms with Gasteiger partial charge >= 0.3 is 0 Å². The molecule has 1 N–H and O–H groups in total. The van der Waals surface area contributed by atoms with Crippen LogP contribution in [0.3, 0.4) is 0 Å². The summed E-state index contributed by atoms with van der Waals surface area (Å²) in [5, 5.41) is 8.84. The van der Waals surface area contributed by atoms with Crippen LogP contribution in [0.25, 0.3) is 0 Å². The molecule has 3 unspecified atom stereocenters. The van der Waals surface area contributed by atoms with Crippen LogP contribution in [-0.4, -0.2) is 20.7 Å². The van der Waals surface area contributed by atoms with Crippen molar-refractivity contribution < 1.29 is 13.7 Å². The zero-order valence-electron chi connectivity index (χ0n) is 8.11. The van der Waals surface area contributed by atoms with Gasteiger partial charge in [0.25, 0.3) is 0 Å². The molecule has 0 heterocycles. The van der Waals surface area contributed by atoms with Crippen molar-refractivity contribution in [3.05, 3.63) is 30.1 Å². The van der Waals surface area contributed by atoms with Gasteiger partial charge in [-0.2, -0.15) is 0 Å². The molecule has 0 radical (unpaired) electrons. The summed E-state index contributed by atoms with van der Waals surface area (Å²) >= 11 is 0. The quantitative estimate of drug-likeness (QED) is 0.835. The molecule has 0 fully saturated rings. The van der Waals surface area contributed by atoms with Gasteiger partial charge in [0.15, 0.2) is 0 Å². The molecule has 0 saturated carbocycles. The molecule has 0 bridgehead atoms. The first kappa shape index (κ1) is 11.3. The fourth-order valence-electron chi connectivity index (χ4n) is 0.986. The Bertz CT molecular complexity index is 339. The average molecular weight is 216 g/mol. The molecule has 0 aliphatic rings. The molecule has 78 valence electrons. The van der Waals surface area contributed by atoms with Crippen molar-refractivity contribution in [2.75, 3.05) is 0 Å². The van der Waals surface area contributed by atoms with Crippen LogP contribution in [0.1, 0.15) is 13.8 Å². The molecule has 2 nitrogen and oxygen atoms in total. The number of benzene rings is 1. The second-order valence-corrected chi connectivity index (χ2v) is 5.01. The van der Waals surface area contributed by atoms with Crippen LogP contribution in [0.2, 0.25) is 0 Å². The fraction of sp³-hybridized carbons (Fsp3) is 0.400. The molecule has 1 aromatic rings. The third-order valence-corrected chi connectivity index (χ3v) is 3.83. The fourth-order valence-corrected chi connectivity index (χ4v) is 2.21. The van der Waals surface area contributed by atoms with Crippen LogP contribution in [0.5, 0.6) is 0 Å². The van der Waals surface area contributed by atoms with Gasteiger partial charge in [0.1, 0.15) is 5.82 Å². The molecule has 0 aromatic heterocycles. The highest BCUT2D eigenvalue weighted by molar-refractivity contribution is 7.85. The van der Waals surface area contributed by atoms with E-state index < -0.39 is 28.0 Å². The molecule has 4 heteroatoms. The topological polar surface area (TPSA) is 37.3 Å². The Morgan fingerprint density at radius 2 is 2.07 bits per heavy atom. The van der Waals surface area contributed by atoms with Gasteiger partial charge < -0.3 is 5.11 Å². The molecule has 1 rings (SSSR count). The second-order valence-electron chi connectivity index (χ2n) is 3.20. The van der Waals surface area contributed by atoms with Gasteiger partial charge in [-0.3, -0.25) is 4.21 Å². The highest BCUT2D eigenvalue weighted by atomic mass is 32.2. The normalized spacial score (nSPS) is 17.4. The SMILES string of the molecule is CC(O)C(C)S(=O)c1cccc(F)c1. The van der Waals surface area contributed by atoms with Crippen molar-refractivity contribution in [2.24, 2.45) is 0 Å². The molecule has 0 spiro atoms. The number of aliphatic hydroxyl groups excluding tert-OH is 1.